The summed E-state index contributed by atoms with van der Waals surface area (Å²) in [6.45, 7) is 0.377. The van der Waals surface area contributed by atoms with Crippen LogP contribution in [-0.2, 0) is 24.0 Å². The highest BCUT2D eigenvalue weighted by Gasteiger charge is 2.12. The van der Waals surface area contributed by atoms with Crippen molar-refractivity contribution in [2.75, 3.05) is 20.1 Å². The Bertz CT molecular complexity index is 568. The fourth-order valence-electron chi connectivity index (χ4n) is 1.25. The van der Waals surface area contributed by atoms with E-state index in [-0.39, 0.29) is 12.5 Å². The fraction of sp³-hybridized carbons (Fsp3) is 0.600. The molecule has 0 fully saturated rings. The van der Waals surface area contributed by atoms with Crippen LogP contribution in [0, 0.1) is 5.41 Å². The number of ketones is 1. The fourth-order valence-corrected chi connectivity index (χ4v) is 1.25. The Kier molecular flexibility index (Phi) is 19.0. The first-order valence-electron chi connectivity index (χ1n) is 8.19. The highest BCUT2D eigenvalue weighted by atomic mass is 16.4. The van der Waals surface area contributed by atoms with E-state index in [0.29, 0.717) is 13.0 Å². The summed E-state index contributed by atoms with van der Waals surface area (Å²) in [5.41, 5.74) is 15.3. The van der Waals surface area contributed by atoms with E-state index >= 15 is 0 Å². The number of likely N-dealkylation sites (N-methyl/N-ethyl adjacent to an activating group) is 1. The van der Waals surface area contributed by atoms with Gasteiger partial charge in [0.2, 0.25) is 5.78 Å². The Balaban J connectivity index is -0.000000350. The van der Waals surface area contributed by atoms with Crippen molar-refractivity contribution in [2.24, 2.45) is 17.2 Å². The van der Waals surface area contributed by atoms with Gasteiger partial charge in [0.25, 0.3) is 0 Å². The molecule has 14 nitrogen and oxygen atoms in total. The van der Waals surface area contributed by atoms with Crippen LogP contribution in [0.2, 0.25) is 0 Å². The number of nitrogens with one attached hydrogen (secondary N) is 1. The summed E-state index contributed by atoms with van der Waals surface area (Å²) in [6, 6.07) is -0.716. The normalized spacial score (nSPS) is 10.2. The van der Waals surface area contributed by atoms with Crippen LogP contribution in [0.25, 0.3) is 0 Å². The van der Waals surface area contributed by atoms with Gasteiger partial charge in [-0.3, -0.25) is 24.6 Å². The first-order chi connectivity index (χ1) is 13.3. The maximum atomic E-state index is 10.2. The summed E-state index contributed by atoms with van der Waals surface area (Å²) in [5, 5.41) is 39.1. The molecular formula is C15H29N5O9. The SMILES string of the molecule is CN(CC(=O)O)C(=N)N.NCCCCC(N)C(=O)O.O=C(O)CCC(=O)C(=O)O. The lowest BCUT2D eigenvalue weighted by Gasteiger charge is -2.12. The van der Waals surface area contributed by atoms with E-state index in [1.807, 2.05) is 0 Å². The average Bonchev–Trinajstić information content (AvgIpc) is 2.59. The molecule has 0 amide bonds. The molecule has 0 saturated heterocycles. The molecule has 0 radical (unpaired) electrons. The average molecular weight is 423 g/mol. The van der Waals surface area contributed by atoms with Crippen LogP contribution in [0.4, 0.5) is 0 Å². The van der Waals surface area contributed by atoms with Crippen LogP contribution in [0.5, 0.6) is 0 Å². The number of carboxylic acids is 4. The maximum Gasteiger partial charge on any atom is 0.372 e. The van der Waals surface area contributed by atoms with Gasteiger partial charge in [-0.05, 0) is 19.4 Å². The number of rotatable bonds is 11. The number of carboxylic acid groups (broad SMARTS) is 4. The first kappa shape index (κ1) is 30.5. The molecule has 14 heteroatoms. The number of hydrogen-bond acceptors (Lipinski definition) is 8. The molecule has 0 aromatic heterocycles. The highest BCUT2D eigenvalue weighted by molar-refractivity contribution is 6.32. The summed E-state index contributed by atoms with van der Waals surface area (Å²) >= 11 is 0. The van der Waals surface area contributed by atoms with Gasteiger partial charge in [0.1, 0.15) is 12.6 Å². The molecule has 0 rings (SSSR count). The Morgan fingerprint density at radius 3 is 1.76 bits per heavy atom. The number of nitrogens with two attached hydrogens (primary N) is 3. The number of aliphatic carboxylic acids is 4. The molecule has 0 aromatic carbocycles. The largest absolute Gasteiger partial charge is 0.481 e. The summed E-state index contributed by atoms with van der Waals surface area (Å²) in [7, 11) is 1.44. The Labute approximate surface area is 166 Å². The lowest BCUT2D eigenvalue weighted by Crippen LogP contribution is -2.36. The predicted octanol–water partition coefficient (Wildman–Crippen LogP) is -2.07. The molecule has 0 saturated carbocycles. The van der Waals surface area contributed by atoms with Crippen molar-refractivity contribution in [3.8, 4) is 0 Å². The van der Waals surface area contributed by atoms with Gasteiger partial charge in [-0.2, -0.15) is 0 Å². The molecule has 1 unspecified atom stereocenters. The Morgan fingerprint density at radius 2 is 1.48 bits per heavy atom. The third kappa shape index (κ3) is 24.7. The van der Waals surface area contributed by atoms with Crippen LogP contribution >= 0.6 is 0 Å². The molecule has 0 spiro atoms. The molecule has 0 aliphatic carbocycles. The number of unbranched alkanes of at least 4 members (excludes halogenated alkanes) is 1. The standard InChI is InChI=1S/C6H14N2O2.C5H6O5.C4H9N3O2/c7-4-2-1-3-5(8)6(9)10;6-3(5(9)10)1-2-4(7)8;1-7(4(5)6)2-3(8)9/h5H,1-4,7-8H2,(H,9,10);1-2H2,(H,7,8)(H,9,10);2H2,1H3,(H3,5,6)(H,8,9). The lowest BCUT2D eigenvalue weighted by atomic mass is 10.1. The molecular weight excluding hydrogens is 394 g/mol. The number of nitrogens with zero attached hydrogens (tertiary/aromatic N) is 1. The summed E-state index contributed by atoms with van der Waals surface area (Å²) in [5.74, 6) is -5.99. The van der Waals surface area contributed by atoms with Crippen molar-refractivity contribution < 1.29 is 44.4 Å². The molecule has 11 N–H and O–H groups in total. The van der Waals surface area contributed by atoms with Crippen molar-refractivity contribution >= 4 is 35.6 Å². The number of guanidine groups is 1. The molecule has 1 atom stereocenters. The maximum absolute atomic E-state index is 10.2. The van der Waals surface area contributed by atoms with E-state index in [0.717, 1.165) is 17.7 Å². The topological polar surface area (TPSA) is 271 Å². The van der Waals surface area contributed by atoms with Gasteiger partial charge in [0, 0.05) is 13.5 Å². The molecule has 168 valence electrons. The van der Waals surface area contributed by atoms with Crippen molar-refractivity contribution in [2.45, 2.75) is 38.1 Å². The quantitative estimate of drug-likeness (QED) is 0.0768. The van der Waals surface area contributed by atoms with Gasteiger partial charge >= 0.3 is 23.9 Å². The van der Waals surface area contributed by atoms with Crippen molar-refractivity contribution in [1.29, 1.82) is 5.41 Å². The van der Waals surface area contributed by atoms with E-state index in [1.165, 1.54) is 7.05 Å². The minimum Gasteiger partial charge on any atom is -0.481 e. The predicted molar refractivity (Wildman–Crippen MR) is 100 cm³/mol. The molecule has 0 aliphatic rings. The zero-order valence-corrected chi connectivity index (χ0v) is 16.0. The molecule has 0 bridgehead atoms. The van der Waals surface area contributed by atoms with Gasteiger partial charge in [0.15, 0.2) is 5.96 Å². The third-order valence-electron chi connectivity index (χ3n) is 2.87. The van der Waals surface area contributed by atoms with Crippen molar-refractivity contribution in [1.82, 2.24) is 4.90 Å². The van der Waals surface area contributed by atoms with Crippen LogP contribution in [0.1, 0.15) is 32.1 Å². The van der Waals surface area contributed by atoms with E-state index in [9.17, 15) is 24.0 Å². The minimum atomic E-state index is -1.58. The molecule has 0 aromatic rings. The zero-order chi connectivity index (χ0) is 23.6. The second-order valence-electron chi connectivity index (χ2n) is 5.49. The number of carbonyl (C=O) groups is 5. The lowest BCUT2D eigenvalue weighted by molar-refractivity contribution is -0.149. The van der Waals surface area contributed by atoms with Gasteiger partial charge < -0.3 is 42.5 Å². The van der Waals surface area contributed by atoms with Crippen LogP contribution in [-0.4, -0.2) is 87.1 Å². The second kappa shape index (κ2) is 18.1. The van der Waals surface area contributed by atoms with Crippen molar-refractivity contribution in [3.05, 3.63) is 0 Å². The summed E-state index contributed by atoms with van der Waals surface area (Å²) in [4.78, 5) is 50.9. The number of hydrogen-bond donors (Lipinski definition) is 8. The summed E-state index contributed by atoms with van der Waals surface area (Å²) < 4.78 is 0. The summed E-state index contributed by atoms with van der Waals surface area (Å²) in [6.07, 6.45) is 1.30. The van der Waals surface area contributed by atoms with Crippen LogP contribution in [0.3, 0.4) is 0 Å². The van der Waals surface area contributed by atoms with E-state index in [2.05, 4.69) is 0 Å². The van der Waals surface area contributed by atoms with E-state index < -0.39 is 48.5 Å². The van der Waals surface area contributed by atoms with Crippen LogP contribution in [0.15, 0.2) is 0 Å². The van der Waals surface area contributed by atoms with Gasteiger partial charge in [-0.15, -0.1) is 0 Å². The van der Waals surface area contributed by atoms with Gasteiger partial charge in [0.05, 0.1) is 6.42 Å². The number of Topliss-reactive ketones (excluding diaryl/α,β-unsaturated/α-hetero) is 1. The molecule has 0 heterocycles. The smallest absolute Gasteiger partial charge is 0.372 e. The molecule has 29 heavy (non-hydrogen) atoms. The second-order valence-corrected chi connectivity index (χ2v) is 5.49. The van der Waals surface area contributed by atoms with Crippen LogP contribution < -0.4 is 17.2 Å². The van der Waals surface area contributed by atoms with E-state index in [1.54, 1.807) is 0 Å². The Hall–Kier alpha value is -3.26. The third-order valence-corrected chi connectivity index (χ3v) is 2.87. The number of carbonyl (C=O) groups excluding carboxylic acids is 1. The Morgan fingerprint density at radius 1 is 0.966 bits per heavy atom. The first-order valence-corrected chi connectivity index (χ1v) is 8.19. The van der Waals surface area contributed by atoms with E-state index in [4.69, 9.17) is 43.0 Å². The minimum absolute atomic E-state index is 0.227. The highest BCUT2D eigenvalue weighted by Crippen LogP contribution is 1.97. The van der Waals surface area contributed by atoms with Gasteiger partial charge in [-0.25, -0.2) is 4.79 Å². The van der Waals surface area contributed by atoms with Gasteiger partial charge in [-0.1, -0.05) is 6.42 Å². The van der Waals surface area contributed by atoms with Crippen molar-refractivity contribution in [3.63, 3.8) is 0 Å². The zero-order valence-electron chi connectivity index (χ0n) is 16.0. The monoisotopic (exact) mass is 423 g/mol. The molecule has 0 aliphatic heterocycles.